The molecular formula is C14H18O3. The van der Waals surface area contributed by atoms with E-state index >= 15 is 0 Å². The number of benzene rings is 1. The number of carbonyl (C=O) groups is 1. The van der Waals surface area contributed by atoms with Crippen LogP contribution in [0.15, 0.2) is 18.2 Å². The second kappa shape index (κ2) is 5.82. The van der Waals surface area contributed by atoms with Crippen molar-refractivity contribution in [1.82, 2.24) is 0 Å². The van der Waals surface area contributed by atoms with E-state index in [1.165, 1.54) is 11.1 Å². The normalized spacial score (nSPS) is 13.2. The highest BCUT2D eigenvalue weighted by Gasteiger charge is 2.12. The van der Waals surface area contributed by atoms with Gasteiger partial charge in [-0.1, -0.05) is 12.1 Å². The second-order valence-corrected chi connectivity index (χ2v) is 4.22. The summed E-state index contributed by atoms with van der Waals surface area (Å²) in [5.74, 6) is 1.16. The van der Waals surface area contributed by atoms with Gasteiger partial charge in [0.05, 0.1) is 6.61 Å². The number of aryl methyl sites for hydroxylation is 1. The van der Waals surface area contributed by atoms with Crippen LogP contribution in [0.25, 0.3) is 0 Å². The van der Waals surface area contributed by atoms with E-state index in [4.69, 9.17) is 9.47 Å². The smallest absolute Gasteiger partial charge is 0.158 e. The largest absolute Gasteiger partial charge is 0.493 e. The summed E-state index contributed by atoms with van der Waals surface area (Å²) < 4.78 is 10.5. The van der Waals surface area contributed by atoms with Gasteiger partial charge in [-0.2, -0.15) is 0 Å². The van der Waals surface area contributed by atoms with Crippen molar-refractivity contribution in [2.45, 2.75) is 26.2 Å². The Balaban J connectivity index is 1.85. The van der Waals surface area contributed by atoms with Crippen LogP contribution in [0.3, 0.4) is 0 Å². The first-order chi connectivity index (χ1) is 8.29. The first kappa shape index (κ1) is 12.1. The molecule has 1 aliphatic rings. The van der Waals surface area contributed by atoms with Crippen LogP contribution in [-0.4, -0.2) is 25.6 Å². The van der Waals surface area contributed by atoms with Gasteiger partial charge >= 0.3 is 0 Å². The predicted octanol–water partition coefficient (Wildman–Crippen LogP) is 2.16. The third-order valence-corrected chi connectivity index (χ3v) is 2.91. The molecule has 0 unspecified atom stereocenters. The minimum atomic E-state index is 0.170. The van der Waals surface area contributed by atoms with Gasteiger partial charge in [-0.05, 0) is 30.5 Å². The standard InChI is InChI=1S/C14H18O3/c1-2-16-10-13(15)5-3-11-4-6-14-12(9-11)7-8-17-14/h4,6,9H,2-3,5,7-8,10H2,1H3. The van der Waals surface area contributed by atoms with E-state index in [2.05, 4.69) is 6.07 Å². The molecule has 92 valence electrons. The Morgan fingerprint density at radius 1 is 1.47 bits per heavy atom. The van der Waals surface area contributed by atoms with Crippen molar-refractivity contribution in [3.05, 3.63) is 29.3 Å². The van der Waals surface area contributed by atoms with Crippen LogP contribution in [0.4, 0.5) is 0 Å². The summed E-state index contributed by atoms with van der Waals surface area (Å²) in [6.07, 6.45) is 2.33. The zero-order valence-electron chi connectivity index (χ0n) is 10.2. The number of Topliss-reactive ketones (excluding diaryl/α,β-unsaturated/α-hetero) is 1. The van der Waals surface area contributed by atoms with Crippen molar-refractivity contribution in [3.8, 4) is 5.75 Å². The van der Waals surface area contributed by atoms with Gasteiger partial charge in [0.1, 0.15) is 12.4 Å². The zero-order valence-corrected chi connectivity index (χ0v) is 10.2. The summed E-state index contributed by atoms with van der Waals surface area (Å²) in [6.45, 7) is 3.52. The molecule has 1 heterocycles. The lowest BCUT2D eigenvalue weighted by Crippen LogP contribution is -2.09. The molecule has 3 nitrogen and oxygen atoms in total. The van der Waals surface area contributed by atoms with Gasteiger partial charge in [-0.25, -0.2) is 0 Å². The fourth-order valence-electron chi connectivity index (χ4n) is 1.97. The fraction of sp³-hybridized carbons (Fsp3) is 0.500. The predicted molar refractivity (Wildman–Crippen MR) is 65.5 cm³/mol. The molecule has 1 aromatic carbocycles. The highest BCUT2D eigenvalue weighted by atomic mass is 16.5. The van der Waals surface area contributed by atoms with E-state index in [9.17, 15) is 4.79 Å². The van der Waals surface area contributed by atoms with Crippen molar-refractivity contribution in [1.29, 1.82) is 0 Å². The average molecular weight is 234 g/mol. The van der Waals surface area contributed by atoms with Crippen molar-refractivity contribution in [2.75, 3.05) is 19.8 Å². The Morgan fingerprint density at radius 3 is 3.18 bits per heavy atom. The lowest BCUT2D eigenvalue weighted by atomic mass is 10.0. The van der Waals surface area contributed by atoms with E-state index in [1.807, 2.05) is 19.1 Å². The van der Waals surface area contributed by atoms with Crippen LogP contribution in [0.1, 0.15) is 24.5 Å². The minimum Gasteiger partial charge on any atom is -0.493 e. The van der Waals surface area contributed by atoms with E-state index in [0.29, 0.717) is 13.0 Å². The molecule has 3 heteroatoms. The molecule has 0 aliphatic carbocycles. The third kappa shape index (κ3) is 3.30. The molecule has 0 radical (unpaired) electrons. The Bertz CT molecular complexity index is 398. The highest BCUT2D eigenvalue weighted by molar-refractivity contribution is 5.79. The van der Waals surface area contributed by atoms with E-state index < -0.39 is 0 Å². The Hall–Kier alpha value is -1.35. The van der Waals surface area contributed by atoms with E-state index in [1.54, 1.807) is 0 Å². The third-order valence-electron chi connectivity index (χ3n) is 2.91. The quantitative estimate of drug-likeness (QED) is 0.756. The zero-order chi connectivity index (χ0) is 12.1. The minimum absolute atomic E-state index is 0.170. The SMILES string of the molecule is CCOCC(=O)CCc1ccc2c(c1)CCO2. The lowest BCUT2D eigenvalue weighted by molar-refractivity contribution is -0.123. The van der Waals surface area contributed by atoms with E-state index in [-0.39, 0.29) is 12.4 Å². The number of ketones is 1. The Labute approximate surface area is 102 Å². The van der Waals surface area contributed by atoms with Gasteiger partial charge in [0.25, 0.3) is 0 Å². The monoisotopic (exact) mass is 234 g/mol. The first-order valence-corrected chi connectivity index (χ1v) is 6.13. The summed E-state index contributed by atoms with van der Waals surface area (Å²) in [7, 11) is 0. The molecule has 0 saturated heterocycles. The summed E-state index contributed by atoms with van der Waals surface area (Å²) in [4.78, 5) is 11.5. The molecular weight excluding hydrogens is 216 g/mol. The molecule has 1 aromatic rings. The van der Waals surface area contributed by atoms with Crippen molar-refractivity contribution in [3.63, 3.8) is 0 Å². The maximum atomic E-state index is 11.5. The highest BCUT2D eigenvalue weighted by Crippen LogP contribution is 2.26. The molecule has 2 rings (SSSR count). The molecule has 0 spiro atoms. The Morgan fingerprint density at radius 2 is 2.35 bits per heavy atom. The van der Waals surface area contributed by atoms with Gasteiger partial charge < -0.3 is 9.47 Å². The maximum absolute atomic E-state index is 11.5. The molecule has 0 atom stereocenters. The number of carbonyl (C=O) groups excluding carboxylic acids is 1. The summed E-state index contributed by atoms with van der Waals surface area (Å²) in [6, 6.07) is 6.19. The number of fused-ring (bicyclic) bond motifs is 1. The molecule has 0 fully saturated rings. The molecule has 17 heavy (non-hydrogen) atoms. The first-order valence-electron chi connectivity index (χ1n) is 6.13. The fourth-order valence-corrected chi connectivity index (χ4v) is 1.97. The van der Waals surface area contributed by atoms with Crippen LogP contribution in [0, 0.1) is 0 Å². The van der Waals surface area contributed by atoms with Crippen LogP contribution < -0.4 is 4.74 Å². The second-order valence-electron chi connectivity index (χ2n) is 4.22. The van der Waals surface area contributed by atoms with Crippen molar-refractivity contribution < 1.29 is 14.3 Å². The molecule has 0 amide bonds. The van der Waals surface area contributed by atoms with Gasteiger partial charge in [-0.3, -0.25) is 4.79 Å². The molecule has 0 aromatic heterocycles. The Kier molecular flexibility index (Phi) is 4.15. The molecule has 0 N–H and O–H groups in total. The van der Waals surface area contributed by atoms with Gasteiger partial charge in [0.2, 0.25) is 0 Å². The lowest BCUT2D eigenvalue weighted by Gasteiger charge is -2.04. The molecule has 0 saturated carbocycles. The van der Waals surface area contributed by atoms with Crippen LogP contribution in [0.2, 0.25) is 0 Å². The van der Waals surface area contributed by atoms with Crippen LogP contribution in [-0.2, 0) is 22.4 Å². The number of hydrogen-bond donors (Lipinski definition) is 0. The summed E-state index contributed by atoms with van der Waals surface area (Å²) in [5.41, 5.74) is 2.47. The van der Waals surface area contributed by atoms with E-state index in [0.717, 1.165) is 25.2 Å². The molecule has 1 aliphatic heterocycles. The van der Waals surface area contributed by atoms with Crippen molar-refractivity contribution in [2.24, 2.45) is 0 Å². The van der Waals surface area contributed by atoms with Crippen LogP contribution in [0.5, 0.6) is 5.75 Å². The average Bonchev–Trinajstić information content (AvgIpc) is 2.81. The van der Waals surface area contributed by atoms with Gasteiger partial charge in [0.15, 0.2) is 5.78 Å². The number of hydrogen-bond acceptors (Lipinski definition) is 3. The van der Waals surface area contributed by atoms with Crippen molar-refractivity contribution >= 4 is 5.78 Å². The topological polar surface area (TPSA) is 35.5 Å². The van der Waals surface area contributed by atoms with Crippen LogP contribution >= 0.6 is 0 Å². The summed E-state index contributed by atoms with van der Waals surface area (Å²) >= 11 is 0. The summed E-state index contributed by atoms with van der Waals surface area (Å²) in [5, 5.41) is 0. The maximum Gasteiger partial charge on any atom is 0.158 e. The van der Waals surface area contributed by atoms with Gasteiger partial charge in [0, 0.05) is 19.4 Å². The molecule has 0 bridgehead atoms. The van der Waals surface area contributed by atoms with Gasteiger partial charge in [-0.15, -0.1) is 0 Å². The number of rotatable bonds is 6. The number of ether oxygens (including phenoxy) is 2.